The molecular formula is C17H23N3O. The molecule has 0 amide bonds. The monoisotopic (exact) mass is 285 g/mol. The fourth-order valence-corrected chi connectivity index (χ4v) is 3.13. The minimum Gasteiger partial charge on any atom is -0.360 e. The molecule has 0 aliphatic carbocycles. The van der Waals surface area contributed by atoms with Crippen molar-refractivity contribution in [2.75, 3.05) is 32.7 Å². The molecule has 4 nitrogen and oxygen atoms in total. The van der Waals surface area contributed by atoms with Crippen LogP contribution in [-0.4, -0.2) is 59.3 Å². The first-order chi connectivity index (χ1) is 10.2. The van der Waals surface area contributed by atoms with Crippen LogP contribution in [0.15, 0.2) is 30.5 Å². The highest BCUT2D eigenvalue weighted by atomic mass is 16.1. The molecule has 1 saturated heterocycles. The van der Waals surface area contributed by atoms with E-state index in [1.165, 1.54) is 0 Å². The third-order valence-electron chi connectivity index (χ3n) is 4.64. The molecule has 1 aliphatic heterocycles. The molecule has 2 aromatic rings. The average molecular weight is 285 g/mol. The van der Waals surface area contributed by atoms with Gasteiger partial charge in [-0.05, 0) is 19.5 Å². The highest BCUT2D eigenvalue weighted by molar-refractivity contribution is 6.10. The van der Waals surface area contributed by atoms with E-state index in [9.17, 15) is 4.79 Å². The summed E-state index contributed by atoms with van der Waals surface area (Å²) in [5.41, 5.74) is 1.85. The Morgan fingerprint density at radius 1 is 1.24 bits per heavy atom. The quantitative estimate of drug-likeness (QED) is 0.877. The van der Waals surface area contributed by atoms with Crippen LogP contribution in [0.4, 0.5) is 0 Å². The maximum atomic E-state index is 12.8. The zero-order valence-corrected chi connectivity index (χ0v) is 12.8. The van der Waals surface area contributed by atoms with E-state index in [1.54, 1.807) is 0 Å². The van der Waals surface area contributed by atoms with E-state index >= 15 is 0 Å². The molecule has 0 radical (unpaired) electrons. The minimum absolute atomic E-state index is 0.0526. The van der Waals surface area contributed by atoms with Crippen LogP contribution in [0.2, 0.25) is 0 Å². The highest BCUT2D eigenvalue weighted by Crippen LogP contribution is 2.21. The van der Waals surface area contributed by atoms with Crippen LogP contribution >= 0.6 is 0 Å². The number of para-hydroxylation sites is 1. The molecular weight excluding hydrogens is 262 g/mol. The van der Waals surface area contributed by atoms with E-state index < -0.39 is 0 Å². The predicted molar refractivity (Wildman–Crippen MR) is 85.8 cm³/mol. The molecule has 2 heterocycles. The second kappa shape index (κ2) is 6.00. The van der Waals surface area contributed by atoms with Gasteiger partial charge in [0, 0.05) is 48.8 Å². The van der Waals surface area contributed by atoms with Gasteiger partial charge in [0.05, 0.1) is 6.04 Å². The predicted octanol–water partition coefficient (Wildman–Crippen LogP) is 2.38. The van der Waals surface area contributed by atoms with Crippen molar-refractivity contribution in [3.05, 3.63) is 36.0 Å². The van der Waals surface area contributed by atoms with Crippen molar-refractivity contribution in [2.24, 2.45) is 0 Å². The molecule has 0 spiro atoms. The van der Waals surface area contributed by atoms with Gasteiger partial charge in [-0.2, -0.15) is 0 Å². The van der Waals surface area contributed by atoms with Crippen LogP contribution < -0.4 is 0 Å². The highest BCUT2D eigenvalue weighted by Gasteiger charge is 2.27. The standard InChI is InChI=1S/C17H23N3O/c1-3-19-8-10-20(11-9-19)13(2)17(21)15-12-18-16-7-5-4-6-14(15)16/h4-7,12-13,18H,3,8-11H2,1-2H3/t13-/m0/s1. The van der Waals surface area contributed by atoms with Gasteiger partial charge < -0.3 is 9.88 Å². The maximum absolute atomic E-state index is 12.8. The number of Topliss-reactive ketones (excluding diaryl/α,β-unsaturated/α-hetero) is 1. The number of fused-ring (bicyclic) bond motifs is 1. The molecule has 1 aromatic heterocycles. The molecule has 1 aliphatic rings. The number of benzene rings is 1. The van der Waals surface area contributed by atoms with Crippen molar-refractivity contribution in [1.29, 1.82) is 0 Å². The van der Waals surface area contributed by atoms with Gasteiger partial charge in [0.1, 0.15) is 0 Å². The zero-order chi connectivity index (χ0) is 14.8. The zero-order valence-electron chi connectivity index (χ0n) is 12.8. The molecule has 0 saturated carbocycles. The van der Waals surface area contributed by atoms with Crippen LogP contribution in [0.1, 0.15) is 24.2 Å². The number of rotatable bonds is 4. The second-order valence-corrected chi connectivity index (χ2v) is 5.76. The van der Waals surface area contributed by atoms with Crippen molar-refractivity contribution in [1.82, 2.24) is 14.8 Å². The Balaban J connectivity index is 1.76. The van der Waals surface area contributed by atoms with Gasteiger partial charge in [-0.1, -0.05) is 25.1 Å². The number of H-pyrrole nitrogens is 1. The summed E-state index contributed by atoms with van der Waals surface area (Å²) in [6.45, 7) is 9.39. The van der Waals surface area contributed by atoms with Crippen molar-refractivity contribution >= 4 is 16.7 Å². The number of hydrogen-bond acceptors (Lipinski definition) is 3. The van der Waals surface area contributed by atoms with E-state index in [0.717, 1.165) is 49.2 Å². The summed E-state index contributed by atoms with van der Waals surface area (Å²) in [6, 6.07) is 7.94. The summed E-state index contributed by atoms with van der Waals surface area (Å²) in [7, 11) is 0. The second-order valence-electron chi connectivity index (χ2n) is 5.76. The molecule has 1 aromatic carbocycles. The number of ketones is 1. The molecule has 1 fully saturated rings. The molecule has 21 heavy (non-hydrogen) atoms. The van der Waals surface area contributed by atoms with Crippen LogP contribution in [0.25, 0.3) is 10.9 Å². The van der Waals surface area contributed by atoms with E-state index in [0.29, 0.717) is 0 Å². The molecule has 4 heteroatoms. The van der Waals surface area contributed by atoms with Crippen molar-refractivity contribution in [3.63, 3.8) is 0 Å². The van der Waals surface area contributed by atoms with E-state index in [-0.39, 0.29) is 11.8 Å². The van der Waals surface area contributed by atoms with Gasteiger partial charge in [0.25, 0.3) is 0 Å². The Labute approximate surface area is 125 Å². The summed E-state index contributed by atoms with van der Waals surface area (Å²) < 4.78 is 0. The van der Waals surface area contributed by atoms with E-state index in [2.05, 4.69) is 21.7 Å². The number of aromatic nitrogens is 1. The molecule has 1 N–H and O–H groups in total. The number of aromatic amines is 1. The van der Waals surface area contributed by atoms with Crippen molar-refractivity contribution in [3.8, 4) is 0 Å². The van der Waals surface area contributed by atoms with Crippen LogP contribution in [0.3, 0.4) is 0 Å². The van der Waals surface area contributed by atoms with E-state index in [4.69, 9.17) is 0 Å². The molecule has 112 valence electrons. The molecule has 0 unspecified atom stereocenters. The third kappa shape index (κ3) is 2.74. The lowest BCUT2D eigenvalue weighted by Gasteiger charge is -2.36. The Morgan fingerprint density at radius 3 is 2.67 bits per heavy atom. The summed E-state index contributed by atoms with van der Waals surface area (Å²) in [5.74, 6) is 0.220. The first-order valence-electron chi connectivity index (χ1n) is 7.77. The average Bonchev–Trinajstić information content (AvgIpc) is 2.97. The van der Waals surface area contributed by atoms with Gasteiger partial charge >= 0.3 is 0 Å². The van der Waals surface area contributed by atoms with Crippen molar-refractivity contribution < 1.29 is 4.79 Å². The van der Waals surface area contributed by atoms with Crippen molar-refractivity contribution in [2.45, 2.75) is 19.9 Å². The smallest absolute Gasteiger partial charge is 0.181 e. The lowest BCUT2D eigenvalue weighted by Crippen LogP contribution is -2.51. The topological polar surface area (TPSA) is 39.3 Å². The summed E-state index contributed by atoms with van der Waals surface area (Å²) in [4.78, 5) is 20.7. The first-order valence-corrected chi connectivity index (χ1v) is 7.77. The number of nitrogens with one attached hydrogen (secondary N) is 1. The molecule has 0 bridgehead atoms. The van der Waals surface area contributed by atoms with Gasteiger partial charge in [0.2, 0.25) is 0 Å². The fraction of sp³-hybridized carbons (Fsp3) is 0.471. The Bertz CT molecular complexity index is 626. The van der Waals surface area contributed by atoms with Gasteiger partial charge in [-0.15, -0.1) is 0 Å². The summed E-state index contributed by atoms with van der Waals surface area (Å²) in [5, 5.41) is 1.03. The number of likely N-dealkylation sites (N-methyl/N-ethyl adjacent to an activating group) is 1. The summed E-state index contributed by atoms with van der Waals surface area (Å²) >= 11 is 0. The number of carbonyl (C=O) groups excluding carboxylic acids is 1. The Kier molecular flexibility index (Phi) is 4.08. The number of hydrogen-bond donors (Lipinski definition) is 1. The SMILES string of the molecule is CCN1CCN([C@@H](C)C(=O)c2c[nH]c3ccccc23)CC1. The first kappa shape index (κ1) is 14.3. The van der Waals surface area contributed by atoms with E-state index in [1.807, 2.05) is 37.4 Å². The lowest BCUT2D eigenvalue weighted by molar-refractivity contribution is 0.0711. The van der Waals surface area contributed by atoms with Crippen LogP contribution in [0.5, 0.6) is 0 Å². The summed E-state index contributed by atoms with van der Waals surface area (Å²) in [6.07, 6.45) is 1.85. The minimum atomic E-state index is -0.0526. The fourth-order valence-electron chi connectivity index (χ4n) is 3.13. The Hall–Kier alpha value is -1.65. The van der Waals surface area contributed by atoms with Crippen LogP contribution in [-0.2, 0) is 0 Å². The van der Waals surface area contributed by atoms with Gasteiger partial charge in [-0.25, -0.2) is 0 Å². The number of piperazine rings is 1. The third-order valence-corrected chi connectivity index (χ3v) is 4.64. The normalized spacial score (nSPS) is 19.0. The largest absolute Gasteiger partial charge is 0.360 e. The van der Waals surface area contributed by atoms with Gasteiger partial charge in [-0.3, -0.25) is 9.69 Å². The number of nitrogens with zero attached hydrogens (tertiary/aromatic N) is 2. The molecule has 3 rings (SSSR count). The lowest BCUT2D eigenvalue weighted by atomic mass is 10.0. The number of carbonyl (C=O) groups is 1. The van der Waals surface area contributed by atoms with Crippen LogP contribution in [0, 0.1) is 0 Å². The molecule has 1 atom stereocenters. The maximum Gasteiger partial charge on any atom is 0.181 e. The van der Waals surface area contributed by atoms with Gasteiger partial charge in [0.15, 0.2) is 5.78 Å². The Morgan fingerprint density at radius 2 is 1.95 bits per heavy atom.